The number of aryl methyl sites for hydroxylation is 2. The molecule has 1 heterocycles. The van der Waals surface area contributed by atoms with Crippen LogP contribution in [-0.2, 0) is 7.05 Å². The fourth-order valence-corrected chi connectivity index (χ4v) is 4.10. The molecule has 2 aliphatic carbocycles. The Kier molecular flexibility index (Phi) is 4.56. The number of carbonyl (C=O) groups excluding carboxylic acids is 1. The van der Waals surface area contributed by atoms with Crippen molar-refractivity contribution in [2.24, 2.45) is 7.05 Å². The predicted octanol–water partition coefficient (Wildman–Crippen LogP) is 6.36. The maximum atomic E-state index is 12.4. The summed E-state index contributed by atoms with van der Waals surface area (Å²) in [6.07, 6.45) is 0. The molecular weight excluding hydrogens is 318 g/mol. The molecule has 2 aliphatic rings. The largest absolute Gasteiger partial charge is 0.351 e. The van der Waals surface area contributed by atoms with Crippen LogP contribution >= 0.6 is 0 Å². The normalized spacial score (nSPS) is 11.6. The van der Waals surface area contributed by atoms with Crippen LogP contribution in [0.15, 0.2) is 24.3 Å². The number of fused-ring (bicyclic) bond motifs is 1. The minimum atomic E-state index is 0.133. The lowest BCUT2D eigenvalue weighted by Gasteiger charge is -2.08. The number of nitrogens with zero attached hydrogens (tertiary/aromatic N) is 1. The van der Waals surface area contributed by atoms with Crippen LogP contribution in [0.1, 0.15) is 65.1 Å². The van der Waals surface area contributed by atoms with Crippen molar-refractivity contribution >= 4 is 5.78 Å². The van der Waals surface area contributed by atoms with E-state index in [4.69, 9.17) is 0 Å². The molecule has 2 heteroatoms. The van der Waals surface area contributed by atoms with Gasteiger partial charge >= 0.3 is 0 Å². The van der Waals surface area contributed by atoms with E-state index in [2.05, 4.69) is 63.5 Å². The van der Waals surface area contributed by atoms with Crippen LogP contribution in [-0.4, -0.2) is 10.4 Å². The summed E-state index contributed by atoms with van der Waals surface area (Å²) in [6.45, 7) is 14.6. The standard InChI is InChI=1S/C24H29NO/c1-13(2)19-10-9-14(3)22-20(12-19)15(4)11-21(22)24-17(6)25(8)16(5)23(24)18(7)26/h9-13H,1-8H3. The summed E-state index contributed by atoms with van der Waals surface area (Å²) >= 11 is 0. The molecule has 0 saturated heterocycles. The molecule has 26 heavy (non-hydrogen) atoms. The van der Waals surface area contributed by atoms with Crippen molar-refractivity contribution in [3.05, 3.63) is 57.9 Å². The second-order valence-corrected chi connectivity index (χ2v) is 7.88. The van der Waals surface area contributed by atoms with E-state index in [0.717, 1.165) is 22.5 Å². The van der Waals surface area contributed by atoms with E-state index in [-0.39, 0.29) is 5.78 Å². The first-order valence-electron chi connectivity index (χ1n) is 9.36. The molecule has 0 spiro atoms. The van der Waals surface area contributed by atoms with Gasteiger partial charge in [-0.25, -0.2) is 0 Å². The third-order valence-electron chi connectivity index (χ3n) is 5.82. The zero-order valence-electron chi connectivity index (χ0n) is 17.2. The molecule has 0 amide bonds. The van der Waals surface area contributed by atoms with Gasteiger partial charge in [0.2, 0.25) is 0 Å². The first-order valence-corrected chi connectivity index (χ1v) is 9.36. The molecule has 2 nitrogen and oxygen atoms in total. The minimum absolute atomic E-state index is 0.133. The molecule has 0 unspecified atom stereocenters. The highest BCUT2D eigenvalue weighted by molar-refractivity contribution is 6.06. The third kappa shape index (κ3) is 2.68. The first-order chi connectivity index (χ1) is 12.1. The summed E-state index contributed by atoms with van der Waals surface area (Å²) in [5.41, 5.74) is 11.8. The van der Waals surface area contributed by atoms with Crippen molar-refractivity contribution in [1.29, 1.82) is 0 Å². The minimum Gasteiger partial charge on any atom is -0.351 e. The van der Waals surface area contributed by atoms with Gasteiger partial charge in [-0.1, -0.05) is 38.1 Å². The highest BCUT2D eigenvalue weighted by Gasteiger charge is 2.25. The van der Waals surface area contributed by atoms with Crippen LogP contribution in [0.5, 0.6) is 0 Å². The Morgan fingerprint density at radius 3 is 2.12 bits per heavy atom. The van der Waals surface area contributed by atoms with E-state index in [1.54, 1.807) is 6.92 Å². The van der Waals surface area contributed by atoms with Gasteiger partial charge < -0.3 is 4.57 Å². The maximum absolute atomic E-state index is 12.4. The van der Waals surface area contributed by atoms with Crippen molar-refractivity contribution in [3.63, 3.8) is 0 Å². The maximum Gasteiger partial charge on any atom is 0.162 e. The highest BCUT2D eigenvalue weighted by atomic mass is 16.1. The fourth-order valence-electron chi connectivity index (χ4n) is 4.10. The SMILES string of the molecule is CC(=O)c1c(-c2cc(C)c3cc(C(C)C)ccc(C)c2-3)c(C)n(C)c1C. The van der Waals surface area contributed by atoms with Gasteiger partial charge in [0.05, 0.1) is 0 Å². The van der Waals surface area contributed by atoms with Gasteiger partial charge in [-0.05, 0) is 73.9 Å². The smallest absolute Gasteiger partial charge is 0.162 e. The number of Topliss-reactive ketones (excluding diaryl/α,β-unsaturated/α-hetero) is 1. The Morgan fingerprint density at radius 1 is 0.885 bits per heavy atom. The molecule has 0 radical (unpaired) electrons. The Balaban J connectivity index is 2.41. The molecule has 0 atom stereocenters. The Hall–Kier alpha value is -2.35. The molecule has 1 aromatic rings. The van der Waals surface area contributed by atoms with Crippen LogP contribution in [0.2, 0.25) is 0 Å². The lowest BCUT2D eigenvalue weighted by molar-refractivity contribution is 0.101. The van der Waals surface area contributed by atoms with Crippen molar-refractivity contribution in [2.75, 3.05) is 0 Å². The molecule has 0 bridgehead atoms. The number of hydrogen-bond acceptors (Lipinski definition) is 1. The molecule has 0 saturated carbocycles. The van der Waals surface area contributed by atoms with Crippen molar-refractivity contribution in [2.45, 2.75) is 54.4 Å². The Bertz CT molecular complexity index is 988. The summed E-state index contributed by atoms with van der Waals surface area (Å²) in [5, 5.41) is 0. The van der Waals surface area contributed by atoms with Crippen molar-refractivity contribution in [3.8, 4) is 22.3 Å². The molecule has 0 fully saturated rings. The topological polar surface area (TPSA) is 22.0 Å². The summed E-state index contributed by atoms with van der Waals surface area (Å²) in [5.74, 6) is 0.616. The third-order valence-corrected chi connectivity index (χ3v) is 5.82. The van der Waals surface area contributed by atoms with Crippen molar-refractivity contribution < 1.29 is 4.79 Å². The van der Waals surface area contributed by atoms with Crippen LogP contribution in [0.4, 0.5) is 0 Å². The van der Waals surface area contributed by atoms with Gasteiger partial charge in [0.25, 0.3) is 0 Å². The highest BCUT2D eigenvalue weighted by Crippen LogP contribution is 2.44. The second kappa shape index (κ2) is 6.42. The molecular formula is C24H29NO. The van der Waals surface area contributed by atoms with E-state index in [1.807, 2.05) is 14.0 Å². The number of hydrogen-bond donors (Lipinski definition) is 0. The second-order valence-electron chi connectivity index (χ2n) is 7.88. The quantitative estimate of drug-likeness (QED) is 0.505. The summed E-state index contributed by atoms with van der Waals surface area (Å²) in [4.78, 5) is 12.4. The van der Waals surface area contributed by atoms with E-state index in [0.29, 0.717) is 5.92 Å². The van der Waals surface area contributed by atoms with Gasteiger partial charge in [-0.2, -0.15) is 0 Å². The molecule has 0 aromatic carbocycles. The number of carbonyl (C=O) groups is 1. The zero-order chi connectivity index (χ0) is 19.3. The summed E-state index contributed by atoms with van der Waals surface area (Å²) < 4.78 is 2.14. The lowest BCUT2D eigenvalue weighted by Crippen LogP contribution is -1.97. The Morgan fingerprint density at radius 2 is 1.54 bits per heavy atom. The van der Waals surface area contributed by atoms with Crippen molar-refractivity contribution in [1.82, 2.24) is 4.57 Å². The Labute approximate surface area is 157 Å². The van der Waals surface area contributed by atoms with Gasteiger partial charge in [-0.15, -0.1) is 0 Å². The van der Waals surface area contributed by atoms with Crippen LogP contribution in [0.3, 0.4) is 0 Å². The average Bonchev–Trinajstić information content (AvgIpc) is 2.90. The van der Waals surface area contributed by atoms with E-state index < -0.39 is 0 Å². The van der Waals surface area contributed by atoms with Gasteiger partial charge in [0.15, 0.2) is 5.78 Å². The number of ketones is 1. The first kappa shape index (κ1) is 18.4. The van der Waals surface area contributed by atoms with E-state index in [9.17, 15) is 4.79 Å². The van der Waals surface area contributed by atoms with Gasteiger partial charge in [0.1, 0.15) is 0 Å². The monoisotopic (exact) mass is 347 g/mol. The van der Waals surface area contributed by atoms with E-state index >= 15 is 0 Å². The van der Waals surface area contributed by atoms with Crippen LogP contribution < -0.4 is 0 Å². The molecule has 3 rings (SSSR count). The number of rotatable bonds is 3. The lowest BCUT2D eigenvalue weighted by atomic mass is 9.94. The van der Waals surface area contributed by atoms with Crippen LogP contribution in [0, 0.1) is 27.7 Å². The van der Waals surface area contributed by atoms with Crippen LogP contribution in [0.25, 0.3) is 22.3 Å². The molecule has 0 N–H and O–H groups in total. The predicted molar refractivity (Wildman–Crippen MR) is 111 cm³/mol. The molecule has 136 valence electrons. The van der Waals surface area contributed by atoms with Gasteiger partial charge in [0, 0.05) is 29.6 Å². The van der Waals surface area contributed by atoms with E-state index in [1.165, 1.54) is 33.4 Å². The fraction of sp³-hybridized carbons (Fsp3) is 0.375. The molecule has 0 aliphatic heterocycles. The number of aromatic nitrogens is 1. The summed E-state index contributed by atoms with van der Waals surface area (Å²) in [6, 6.07) is 9.04. The average molecular weight is 348 g/mol. The molecule has 1 aromatic heterocycles. The zero-order valence-corrected chi connectivity index (χ0v) is 17.2. The van der Waals surface area contributed by atoms with Gasteiger partial charge in [-0.3, -0.25) is 4.79 Å². The summed E-state index contributed by atoms with van der Waals surface area (Å²) in [7, 11) is 2.04.